The number of hydrogen-bond donors (Lipinski definition) is 1. The summed E-state index contributed by atoms with van der Waals surface area (Å²) in [6.07, 6.45) is 0. The van der Waals surface area contributed by atoms with E-state index in [1.54, 1.807) is 35.2 Å². The zero-order chi connectivity index (χ0) is 14.8. The molecule has 1 aromatic heterocycles. The van der Waals surface area contributed by atoms with Gasteiger partial charge in [-0.3, -0.25) is 9.59 Å². The second-order valence-corrected chi connectivity index (χ2v) is 5.71. The Bertz CT molecular complexity index is 675. The van der Waals surface area contributed by atoms with Crippen molar-refractivity contribution >= 4 is 34.8 Å². The van der Waals surface area contributed by atoms with Crippen LogP contribution < -0.4 is 5.32 Å². The van der Waals surface area contributed by atoms with Crippen LogP contribution in [0.1, 0.15) is 22.1 Å². The molecular weight excluding hydrogens is 310 g/mol. The molecule has 2 aromatic rings. The Morgan fingerprint density at radius 3 is 2.95 bits per heavy atom. The number of nitrogens with one attached hydrogen (secondary N) is 1. The first-order chi connectivity index (χ1) is 10.2. The highest BCUT2D eigenvalue weighted by molar-refractivity contribution is 7.07. The highest BCUT2D eigenvalue weighted by Crippen LogP contribution is 2.30. The maximum atomic E-state index is 12.5. The first-order valence-electron chi connectivity index (χ1n) is 6.40. The molecule has 2 heterocycles. The van der Waals surface area contributed by atoms with E-state index in [2.05, 4.69) is 10.3 Å². The quantitative estimate of drug-likeness (QED) is 0.921. The molecule has 2 amide bonds. The molecule has 1 aromatic carbocycles. The summed E-state index contributed by atoms with van der Waals surface area (Å²) in [5.74, 6) is -0.478. The number of amides is 2. The Labute approximate surface area is 130 Å². The molecule has 21 heavy (non-hydrogen) atoms. The van der Waals surface area contributed by atoms with Gasteiger partial charge in [0.2, 0.25) is 5.91 Å². The molecule has 5 nitrogen and oxygen atoms in total. The molecule has 0 radical (unpaired) electrons. The summed E-state index contributed by atoms with van der Waals surface area (Å²) in [6, 6.07) is 6.35. The fourth-order valence-corrected chi connectivity index (χ4v) is 3.12. The molecule has 0 bridgehead atoms. The van der Waals surface area contributed by atoms with Crippen molar-refractivity contribution in [3.63, 3.8) is 0 Å². The smallest absolute Gasteiger partial charge is 0.274 e. The molecule has 3 rings (SSSR count). The Hall–Kier alpha value is -1.92. The average molecular weight is 322 g/mol. The van der Waals surface area contributed by atoms with Crippen LogP contribution in [0.25, 0.3) is 0 Å². The number of rotatable bonds is 2. The van der Waals surface area contributed by atoms with Crippen LogP contribution in [0.3, 0.4) is 0 Å². The summed E-state index contributed by atoms with van der Waals surface area (Å²) < 4.78 is 0. The van der Waals surface area contributed by atoms with Crippen LogP contribution >= 0.6 is 22.9 Å². The van der Waals surface area contributed by atoms with E-state index in [1.807, 2.05) is 0 Å². The second kappa shape index (κ2) is 5.83. The van der Waals surface area contributed by atoms with Crippen LogP contribution in [0.5, 0.6) is 0 Å². The van der Waals surface area contributed by atoms with Crippen LogP contribution in [0.15, 0.2) is 35.2 Å². The van der Waals surface area contributed by atoms with E-state index in [-0.39, 0.29) is 11.8 Å². The number of nitrogens with zero attached hydrogens (tertiary/aromatic N) is 2. The monoisotopic (exact) mass is 321 g/mol. The molecule has 0 saturated carbocycles. The van der Waals surface area contributed by atoms with Gasteiger partial charge < -0.3 is 10.2 Å². The molecule has 7 heteroatoms. The number of hydrogen-bond acceptors (Lipinski definition) is 4. The molecule has 0 unspecified atom stereocenters. The third kappa shape index (κ3) is 2.64. The van der Waals surface area contributed by atoms with Gasteiger partial charge in [0.05, 0.1) is 5.51 Å². The third-order valence-electron chi connectivity index (χ3n) is 3.32. The van der Waals surface area contributed by atoms with Gasteiger partial charge in [0.1, 0.15) is 11.7 Å². The van der Waals surface area contributed by atoms with Gasteiger partial charge in [-0.25, -0.2) is 4.98 Å². The van der Waals surface area contributed by atoms with Crippen molar-refractivity contribution in [3.8, 4) is 0 Å². The van der Waals surface area contributed by atoms with E-state index in [9.17, 15) is 9.59 Å². The Morgan fingerprint density at radius 2 is 2.24 bits per heavy atom. The molecule has 1 fully saturated rings. The SMILES string of the molecule is O=C1NCCN(C(=O)c2cscn2)[C@@H]1c1ccccc1Cl. The van der Waals surface area contributed by atoms with E-state index in [1.165, 1.54) is 16.2 Å². The van der Waals surface area contributed by atoms with Gasteiger partial charge in [0.25, 0.3) is 5.91 Å². The predicted molar refractivity (Wildman–Crippen MR) is 80.4 cm³/mol. The molecule has 1 saturated heterocycles. The van der Waals surface area contributed by atoms with Crippen molar-refractivity contribution in [1.29, 1.82) is 0 Å². The first-order valence-corrected chi connectivity index (χ1v) is 7.72. The minimum Gasteiger partial charge on any atom is -0.352 e. The number of halogens is 1. The summed E-state index contributed by atoms with van der Waals surface area (Å²) >= 11 is 7.53. The van der Waals surface area contributed by atoms with E-state index in [4.69, 9.17) is 11.6 Å². The zero-order valence-electron chi connectivity index (χ0n) is 11.0. The lowest BCUT2D eigenvalue weighted by Crippen LogP contribution is -2.52. The molecule has 1 atom stereocenters. The summed E-state index contributed by atoms with van der Waals surface area (Å²) in [7, 11) is 0. The van der Waals surface area contributed by atoms with Crippen molar-refractivity contribution in [2.45, 2.75) is 6.04 Å². The average Bonchev–Trinajstić information content (AvgIpc) is 3.01. The summed E-state index contributed by atoms with van der Waals surface area (Å²) in [6.45, 7) is 0.855. The number of carbonyl (C=O) groups excluding carboxylic acids is 2. The summed E-state index contributed by atoms with van der Waals surface area (Å²) in [5.41, 5.74) is 2.58. The first kappa shape index (κ1) is 14.0. The highest BCUT2D eigenvalue weighted by Gasteiger charge is 2.36. The number of piperazine rings is 1. The Balaban J connectivity index is 1.99. The highest BCUT2D eigenvalue weighted by atomic mass is 35.5. The van der Waals surface area contributed by atoms with Gasteiger partial charge >= 0.3 is 0 Å². The maximum Gasteiger partial charge on any atom is 0.274 e. The third-order valence-corrected chi connectivity index (χ3v) is 4.25. The van der Waals surface area contributed by atoms with Crippen LogP contribution in [0.2, 0.25) is 5.02 Å². The largest absolute Gasteiger partial charge is 0.352 e. The van der Waals surface area contributed by atoms with Crippen molar-refractivity contribution in [2.24, 2.45) is 0 Å². The van der Waals surface area contributed by atoms with Crippen molar-refractivity contribution < 1.29 is 9.59 Å². The Kier molecular flexibility index (Phi) is 3.90. The van der Waals surface area contributed by atoms with Crippen LogP contribution in [0, 0.1) is 0 Å². The van der Waals surface area contributed by atoms with E-state index >= 15 is 0 Å². The van der Waals surface area contributed by atoms with E-state index in [0.717, 1.165) is 0 Å². The van der Waals surface area contributed by atoms with E-state index in [0.29, 0.717) is 29.4 Å². The molecule has 108 valence electrons. The van der Waals surface area contributed by atoms with Gasteiger partial charge in [-0.05, 0) is 6.07 Å². The van der Waals surface area contributed by atoms with Gasteiger partial charge in [-0.15, -0.1) is 11.3 Å². The minimum atomic E-state index is -0.721. The van der Waals surface area contributed by atoms with Gasteiger partial charge in [0, 0.05) is 29.1 Å². The van der Waals surface area contributed by atoms with Crippen LogP contribution in [-0.2, 0) is 4.79 Å². The molecule has 1 aliphatic rings. The summed E-state index contributed by atoms with van der Waals surface area (Å²) in [4.78, 5) is 30.4. The lowest BCUT2D eigenvalue weighted by Gasteiger charge is -2.35. The lowest BCUT2D eigenvalue weighted by atomic mass is 10.0. The molecule has 1 aliphatic heterocycles. The standard InChI is InChI=1S/C14H12ClN3O2S/c15-10-4-2-1-3-9(10)12-13(19)16-5-6-18(12)14(20)11-7-21-8-17-11/h1-4,7-8,12H,5-6H2,(H,16,19)/t12-/m1/s1. The molecule has 0 spiro atoms. The molecule has 0 aliphatic carbocycles. The summed E-state index contributed by atoms with van der Waals surface area (Å²) in [5, 5.41) is 4.93. The van der Waals surface area contributed by atoms with Crippen molar-refractivity contribution in [3.05, 3.63) is 51.4 Å². The topological polar surface area (TPSA) is 62.3 Å². The van der Waals surface area contributed by atoms with E-state index < -0.39 is 6.04 Å². The predicted octanol–water partition coefficient (Wildman–Crippen LogP) is 2.11. The van der Waals surface area contributed by atoms with Gasteiger partial charge in [0.15, 0.2) is 0 Å². The van der Waals surface area contributed by atoms with Gasteiger partial charge in [-0.2, -0.15) is 0 Å². The second-order valence-electron chi connectivity index (χ2n) is 4.59. The van der Waals surface area contributed by atoms with Crippen LogP contribution in [-0.4, -0.2) is 34.8 Å². The normalized spacial score (nSPS) is 18.4. The minimum absolute atomic E-state index is 0.224. The molecule has 1 N–H and O–H groups in total. The fraction of sp³-hybridized carbons (Fsp3) is 0.214. The number of carbonyl (C=O) groups is 2. The van der Waals surface area contributed by atoms with Crippen molar-refractivity contribution in [1.82, 2.24) is 15.2 Å². The number of thiazole rings is 1. The number of aromatic nitrogens is 1. The zero-order valence-corrected chi connectivity index (χ0v) is 12.5. The fourth-order valence-electron chi connectivity index (χ4n) is 2.36. The van der Waals surface area contributed by atoms with Crippen molar-refractivity contribution in [2.75, 3.05) is 13.1 Å². The molecular formula is C14H12ClN3O2S. The number of benzene rings is 1. The van der Waals surface area contributed by atoms with Gasteiger partial charge in [-0.1, -0.05) is 29.8 Å². The van der Waals surface area contributed by atoms with Crippen LogP contribution in [0.4, 0.5) is 0 Å². The maximum absolute atomic E-state index is 12.5. The Morgan fingerprint density at radius 1 is 1.43 bits per heavy atom. The lowest BCUT2D eigenvalue weighted by molar-refractivity contribution is -0.128.